The number of imidazole rings is 1. The molecule has 0 saturated heterocycles. The molecule has 6 nitrogen and oxygen atoms in total. The van der Waals surface area contributed by atoms with Gasteiger partial charge in [0.05, 0.1) is 5.52 Å². The van der Waals surface area contributed by atoms with Gasteiger partial charge in [0, 0.05) is 6.20 Å². The Hall–Kier alpha value is -2.67. The van der Waals surface area contributed by atoms with Gasteiger partial charge in [0.1, 0.15) is 11.3 Å². The number of para-hydroxylation sites is 1. The number of fused-ring (bicyclic) bond motifs is 3. The molecule has 0 atom stereocenters. The highest BCUT2D eigenvalue weighted by atomic mass is 32.1. The Bertz CT molecular complexity index is 826. The Morgan fingerprint density at radius 1 is 1.20 bits per heavy atom. The predicted octanol–water partition coefficient (Wildman–Crippen LogP) is 0.966. The fraction of sp³-hybridized carbons (Fsp3) is 0. The van der Waals surface area contributed by atoms with Gasteiger partial charge >= 0.3 is 0 Å². The first-order chi connectivity index (χ1) is 9.65. The molecule has 0 radical (unpaired) electrons. The molecule has 2 heterocycles. The average molecular weight is 285 g/mol. The van der Waals surface area contributed by atoms with Gasteiger partial charge in [0.2, 0.25) is 0 Å². The monoisotopic (exact) mass is 285 g/mol. The molecule has 0 aliphatic rings. The third kappa shape index (κ3) is 2.14. The van der Waals surface area contributed by atoms with Gasteiger partial charge in [-0.05, 0) is 35.8 Å². The number of carbonyl (C=O) groups excluding carboxylic acids is 1. The standard InChI is InChI=1S/C13H11N5OS/c14-13(20)17-16-12(19)9-7-18-10-4-2-1-3-8(10)5-6-11(18)15-9/h1-7H,(H,16,19)(H3,14,17,20). The lowest BCUT2D eigenvalue weighted by Gasteiger charge is -2.03. The van der Waals surface area contributed by atoms with Crippen molar-refractivity contribution < 1.29 is 4.79 Å². The smallest absolute Gasteiger partial charge is 0.289 e. The Morgan fingerprint density at radius 2 is 2.00 bits per heavy atom. The van der Waals surface area contributed by atoms with E-state index in [0.717, 1.165) is 10.9 Å². The van der Waals surface area contributed by atoms with Crippen molar-refractivity contribution in [2.75, 3.05) is 0 Å². The molecule has 20 heavy (non-hydrogen) atoms. The second-order valence-corrected chi connectivity index (χ2v) is 4.63. The number of hydrogen-bond donors (Lipinski definition) is 3. The Balaban J connectivity index is 2.04. The number of nitrogens with zero attached hydrogens (tertiary/aromatic N) is 2. The highest BCUT2D eigenvalue weighted by Gasteiger charge is 2.11. The van der Waals surface area contributed by atoms with Gasteiger partial charge in [0.25, 0.3) is 5.91 Å². The molecule has 0 unspecified atom stereocenters. The van der Waals surface area contributed by atoms with Crippen LogP contribution in [0.4, 0.5) is 0 Å². The summed E-state index contributed by atoms with van der Waals surface area (Å²) in [5, 5.41) is 1.07. The number of amides is 1. The molecule has 1 aromatic carbocycles. The molecular formula is C13H11N5OS. The summed E-state index contributed by atoms with van der Waals surface area (Å²) in [6.07, 6.45) is 1.67. The number of hydrogen-bond acceptors (Lipinski definition) is 3. The van der Waals surface area contributed by atoms with Crippen LogP contribution in [0.3, 0.4) is 0 Å². The van der Waals surface area contributed by atoms with Crippen LogP contribution in [-0.2, 0) is 0 Å². The van der Waals surface area contributed by atoms with Crippen LogP contribution in [0.1, 0.15) is 10.5 Å². The van der Waals surface area contributed by atoms with Gasteiger partial charge in [-0.15, -0.1) is 0 Å². The molecule has 0 aliphatic carbocycles. The summed E-state index contributed by atoms with van der Waals surface area (Å²) in [5.74, 6) is -0.398. The van der Waals surface area contributed by atoms with Gasteiger partial charge < -0.3 is 5.73 Å². The molecular weight excluding hydrogens is 274 g/mol. The molecule has 4 N–H and O–H groups in total. The van der Waals surface area contributed by atoms with Crippen molar-refractivity contribution in [1.29, 1.82) is 0 Å². The molecule has 0 fully saturated rings. The number of hydrazine groups is 1. The number of thiocarbonyl (C=S) groups is 1. The number of aromatic nitrogens is 2. The highest BCUT2D eigenvalue weighted by Crippen LogP contribution is 2.17. The summed E-state index contributed by atoms with van der Waals surface area (Å²) in [6.45, 7) is 0. The van der Waals surface area contributed by atoms with Gasteiger partial charge in [-0.3, -0.25) is 20.0 Å². The summed E-state index contributed by atoms with van der Waals surface area (Å²) >= 11 is 4.62. The topological polar surface area (TPSA) is 84.5 Å². The SMILES string of the molecule is NC(=S)NNC(=O)c1cn2c(ccc3ccccc32)n1. The fourth-order valence-corrected chi connectivity index (χ4v) is 2.06. The van der Waals surface area contributed by atoms with E-state index in [2.05, 4.69) is 28.1 Å². The van der Waals surface area contributed by atoms with Gasteiger partial charge in [-0.2, -0.15) is 0 Å². The summed E-state index contributed by atoms with van der Waals surface area (Å²) in [7, 11) is 0. The third-order valence-electron chi connectivity index (χ3n) is 2.87. The minimum absolute atomic E-state index is 0.00689. The van der Waals surface area contributed by atoms with Crippen LogP contribution in [0.2, 0.25) is 0 Å². The Labute approximate surface area is 119 Å². The molecule has 0 saturated carbocycles. The molecule has 3 aromatic rings. The number of pyridine rings is 1. The van der Waals surface area contributed by atoms with Crippen molar-refractivity contribution in [3.8, 4) is 0 Å². The van der Waals surface area contributed by atoms with Crippen LogP contribution >= 0.6 is 12.2 Å². The van der Waals surface area contributed by atoms with Gasteiger partial charge in [-0.1, -0.05) is 18.2 Å². The Kier molecular flexibility index (Phi) is 2.96. The van der Waals surface area contributed by atoms with E-state index in [-0.39, 0.29) is 10.8 Å². The molecule has 1 amide bonds. The molecule has 0 bridgehead atoms. The van der Waals surface area contributed by atoms with Gasteiger partial charge in [-0.25, -0.2) is 4.98 Å². The first kappa shape index (κ1) is 12.4. The maximum absolute atomic E-state index is 11.9. The summed E-state index contributed by atoms with van der Waals surface area (Å²) in [5.41, 5.74) is 12.0. The zero-order chi connectivity index (χ0) is 14.1. The zero-order valence-electron chi connectivity index (χ0n) is 10.3. The van der Waals surface area contributed by atoms with E-state index in [9.17, 15) is 4.79 Å². The quantitative estimate of drug-likeness (QED) is 0.458. The first-order valence-electron chi connectivity index (χ1n) is 5.88. The molecule has 2 aromatic heterocycles. The van der Waals surface area contributed by atoms with E-state index in [1.165, 1.54) is 0 Å². The van der Waals surface area contributed by atoms with Crippen molar-refractivity contribution in [3.05, 3.63) is 48.3 Å². The second-order valence-electron chi connectivity index (χ2n) is 4.19. The minimum Gasteiger partial charge on any atom is -0.375 e. The summed E-state index contributed by atoms with van der Waals surface area (Å²) < 4.78 is 1.87. The van der Waals surface area contributed by atoms with Crippen LogP contribution in [0, 0.1) is 0 Å². The predicted molar refractivity (Wildman–Crippen MR) is 80.1 cm³/mol. The van der Waals surface area contributed by atoms with Crippen LogP contribution < -0.4 is 16.6 Å². The lowest BCUT2D eigenvalue weighted by Crippen LogP contribution is -2.44. The number of rotatable bonds is 1. The van der Waals surface area contributed by atoms with Crippen molar-refractivity contribution in [2.24, 2.45) is 5.73 Å². The van der Waals surface area contributed by atoms with Crippen LogP contribution in [0.5, 0.6) is 0 Å². The van der Waals surface area contributed by atoms with Crippen LogP contribution in [0.25, 0.3) is 16.6 Å². The summed E-state index contributed by atoms with van der Waals surface area (Å²) in [4.78, 5) is 16.2. The second kappa shape index (κ2) is 4.78. The van der Waals surface area contributed by atoms with E-state index in [1.54, 1.807) is 6.20 Å². The molecule has 3 rings (SSSR count). The molecule has 0 spiro atoms. The summed E-state index contributed by atoms with van der Waals surface area (Å²) in [6, 6.07) is 11.7. The number of nitrogens with one attached hydrogen (secondary N) is 2. The minimum atomic E-state index is -0.398. The van der Waals surface area contributed by atoms with E-state index in [4.69, 9.17) is 5.73 Å². The maximum Gasteiger partial charge on any atom is 0.289 e. The lowest BCUT2D eigenvalue weighted by molar-refractivity contribution is 0.0939. The lowest BCUT2D eigenvalue weighted by atomic mass is 10.2. The van der Waals surface area contributed by atoms with Gasteiger partial charge in [0.15, 0.2) is 5.11 Å². The average Bonchev–Trinajstić information content (AvgIpc) is 2.89. The molecule has 7 heteroatoms. The maximum atomic E-state index is 11.9. The normalized spacial score (nSPS) is 10.6. The van der Waals surface area contributed by atoms with E-state index >= 15 is 0 Å². The number of carbonyl (C=O) groups is 1. The van der Waals surface area contributed by atoms with Crippen molar-refractivity contribution in [2.45, 2.75) is 0 Å². The van der Waals surface area contributed by atoms with Crippen LogP contribution in [-0.4, -0.2) is 20.4 Å². The first-order valence-corrected chi connectivity index (χ1v) is 6.28. The van der Waals surface area contributed by atoms with Crippen molar-refractivity contribution >= 4 is 39.8 Å². The van der Waals surface area contributed by atoms with E-state index in [0.29, 0.717) is 5.65 Å². The fourth-order valence-electron chi connectivity index (χ4n) is 2.01. The number of nitrogens with two attached hydrogens (primary N) is 1. The van der Waals surface area contributed by atoms with Crippen LogP contribution in [0.15, 0.2) is 42.6 Å². The highest BCUT2D eigenvalue weighted by molar-refractivity contribution is 7.80. The molecule has 100 valence electrons. The number of benzene rings is 1. The largest absolute Gasteiger partial charge is 0.375 e. The third-order valence-corrected chi connectivity index (χ3v) is 2.98. The van der Waals surface area contributed by atoms with Crippen molar-refractivity contribution in [1.82, 2.24) is 20.2 Å². The van der Waals surface area contributed by atoms with Crippen molar-refractivity contribution in [3.63, 3.8) is 0 Å². The molecule has 0 aliphatic heterocycles. The Morgan fingerprint density at radius 3 is 2.80 bits per heavy atom. The zero-order valence-corrected chi connectivity index (χ0v) is 11.1. The van der Waals surface area contributed by atoms with E-state index < -0.39 is 5.91 Å². The van der Waals surface area contributed by atoms with E-state index in [1.807, 2.05) is 40.8 Å².